The SMILES string of the molecule is NC(=O)C1CCN(CC(=O)NCCc2nc3ccccc3[nH]2)CC1. The van der Waals surface area contributed by atoms with Crippen LogP contribution in [-0.2, 0) is 16.0 Å². The quantitative estimate of drug-likeness (QED) is 0.714. The maximum Gasteiger partial charge on any atom is 0.234 e. The number of benzene rings is 1. The number of piperidine rings is 1. The lowest BCUT2D eigenvalue weighted by molar-refractivity contribution is -0.124. The predicted molar refractivity (Wildman–Crippen MR) is 91.2 cm³/mol. The molecule has 0 atom stereocenters. The number of carbonyl (C=O) groups is 2. The van der Waals surface area contributed by atoms with Gasteiger partial charge in [-0.1, -0.05) is 12.1 Å². The first kappa shape index (κ1) is 16.4. The monoisotopic (exact) mass is 329 g/mol. The molecule has 24 heavy (non-hydrogen) atoms. The number of amides is 2. The summed E-state index contributed by atoms with van der Waals surface area (Å²) in [5, 5.41) is 2.92. The molecule has 7 nitrogen and oxygen atoms in total. The molecule has 0 radical (unpaired) electrons. The molecule has 0 saturated carbocycles. The predicted octanol–water partition coefficient (Wildman–Crippen LogP) is 0.419. The van der Waals surface area contributed by atoms with Crippen molar-refractivity contribution in [3.63, 3.8) is 0 Å². The molecule has 1 saturated heterocycles. The smallest absolute Gasteiger partial charge is 0.234 e. The number of hydrogen-bond acceptors (Lipinski definition) is 4. The van der Waals surface area contributed by atoms with Crippen molar-refractivity contribution in [2.24, 2.45) is 11.7 Å². The molecular weight excluding hydrogens is 306 g/mol. The average Bonchev–Trinajstić information content (AvgIpc) is 2.98. The summed E-state index contributed by atoms with van der Waals surface area (Å²) in [6, 6.07) is 7.87. The average molecular weight is 329 g/mol. The van der Waals surface area contributed by atoms with Gasteiger partial charge in [0.1, 0.15) is 5.82 Å². The van der Waals surface area contributed by atoms with Crippen LogP contribution >= 0.6 is 0 Å². The molecule has 2 aromatic rings. The molecule has 0 unspecified atom stereocenters. The summed E-state index contributed by atoms with van der Waals surface area (Å²) < 4.78 is 0. The van der Waals surface area contributed by atoms with Crippen LogP contribution < -0.4 is 11.1 Å². The Morgan fingerprint density at radius 2 is 2.04 bits per heavy atom. The van der Waals surface area contributed by atoms with Gasteiger partial charge in [-0.25, -0.2) is 4.98 Å². The second-order valence-electron chi connectivity index (χ2n) is 6.25. The Hall–Kier alpha value is -2.41. The second-order valence-corrected chi connectivity index (χ2v) is 6.25. The number of likely N-dealkylation sites (tertiary alicyclic amines) is 1. The number of imidazole rings is 1. The summed E-state index contributed by atoms with van der Waals surface area (Å²) in [6.07, 6.45) is 2.15. The minimum atomic E-state index is -0.232. The van der Waals surface area contributed by atoms with Crippen molar-refractivity contribution < 1.29 is 9.59 Å². The molecule has 128 valence electrons. The fourth-order valence-electron chi connectivity index (χ4n) is 3.08. The molecular formula is C17H23N5O2. The number of carbonyl (C=O) groups excluding carboxylic acids is 2. The van der Waals surface area contributed by atoms with E-state index in [0.29, 0.717) is 19.5 Å². The highest BCUT2D eigenvalue weighted by Gasteiger charge is 2.23. The van der Waals surface area contributed by atoms with E-state index in [1.54, 1.807) is 0 Å². The van der Waals surface area contributed by atoms with Crippen molar-refractivity contribution in [3.05, 3.63) is 30.1 Å². The highest BCUT2D eigenvalue weighted by molar-refractivity contribution is 5.78. The second kappa shape index (κ2) is 7.44. The van der Waals surface area contributed by atoms with E-state index >= 15 is 0 Å². The molecule has 1 aliphatic rings. The van der Waals surface area contributed by atoms with Crippen LogP contribution in [0.25, 0.3) is 11.0 Å². The Kier molecular flexibility index (Phi) is 5.10. The van der Waals surface area contributed by atoms with E-state index < -0.39 is 0 Å². The lowest BCUT2D eigenvalue weighted by atomic mass is 9.96. The fraction of sp³-hybridized carbons (Fsp3) is 0.471. The molecule has 3 rings (SSSR count). The number of fused-ring (bicyclic) bond motifs is 1. The van der Waals surface area contributed by atoms with Gasteiger partial charge in [0.25, 0.3) is 0 Å². The molecule has 2 heterocycles. The summed E-state index contributed by atoms with van der Waals surface area (Å²) in [6.45, 7) is 2.40. The number of para-hydroxylation sites is 2. The highest BCUT2D eigenvalue weighted by Crippen LogP contribution is 2.16. The Bertz CT molecular complexity index is 686. The summed E-state index contributed by atoms with van der Waals surface area (Å²) in [4.78, 5) is 33.0. The van der Waals surface area contributed by atoms with Crippen LogP contribution in [0.5, 0.6) is 0 Å². The molecule has 2 amide bonds. The van der Waals surface area contributed by atoms with Gasteiger partial charge < -0.3 is 16.0 Å². The van der Waals surface area contributed by atoms with Crippen molar-refractivity contribution in [2.45, 2.75) is 19.3 Å². The van der Waals surface area contributed by atoms with Crippen LogP contribution in [0.1, 0.15) is 18.7 Å². The normalized spacial score (nSPS) is 16.3. The summed E-state index contributed by atoms with van der Waals surface area (Å²) in [5.74, 6) is 0.602. The third kappa shape index (κ3) is 4.11. The number of nitrogens with two attached hydrogens (primary N) is 1. The van der Waals surface area contributed by atoms with Gasteiger partial charge >= 0.3 is 0 Å². The highest BCUT2D eigenvalue weighted by atomic mass is 16.2. The van der Waals surface area contributed by atoms with E-state index in [0.717, 1.165) is 42.8 Å². The summed E-state index contributed by atoms with van der Waals surface area (Å²) in [5.41, 5.74) is 7.27. The number of hydrogen-bond donors (Lipinski definition) is 3. The molecule has 0 aliphatic carbocycles. The van der Waals surface area contributed by atoms with Crippen molar-refractivity contribution in [1.82, 2.24) is 20.2 Å². The minimum Gasteiger partial charge on any atom is -0.369 e. The maximum atomic E-state index is 12.0. The molecule has 1 aromatic carbocycles. The van der Waals surface area contributed by atoms with E-state index in [1.807, 2.05) is 24.3 Å². The first-order chi connectivity index (χ1) is 11.6. The van der Waals surface area contributed by atoms with E-state index in [2.05, 4.69) is 20.2 Å². The van der Waals surface area contributed by atoms with Gasteiger partial charge in [-0.2, -0.15) is 0 Å². The standard InChI is InChI=1S/C17H23N5O2/c18-17(24)12-6-9-22(10-7-12)11-16(23)19-8-5-15-20-13-3-1-2-4-14(13)21-15/h1-4,12H,5-11H2,(H2,18,24)(H,19,23)(H,20,21). The molecule has 1 fully saturated rings. The van der Waals surface area contributed by atoms with Gasteiger partial charge in [-0.05, 0) is 38.1 Å². The topological polar surface area (TPSA) is 104 Å². The summed E-state index contributed by atoms with van der Waals surface area (Å²) >= 11 is 0. The molecule has 0 spiro atoms. The first-order valence-electron chi connectivity index (χ1n) is 8.34. The molecule has 7 heteroatoms. The number of aromatic nitrogens is 2. The zero-order chi connectivity index (χ0) is 16.9. The summed E-state index contributed by atoms with van der Waals surface area (Å²) in [7, 11) is 0. The van der Waals surface area contributed by atoms with Crippen molar-refractivity contribution >= 4 is 22.8 Å². The molecule has 0 bridgehead atoms. The van der Waals surface area contributed by atoms with Crippen LogP contribution in [0.15, 0.2) is 24.3 Å². The van der Waals surface area contributed by atoms with E-state index in [4.69, 9.17) is 5.73 Å². The van der Waals surface area contributed by atoms with Gasteiger partial charge in [0.05, 0.1) is 17.6 Å². The zero-order valence-electron chi connectivity index (χ0n) is 13.6. The van der Waals surface area contributed by atoms with Crippen LogP contribution in [0.2, 0.25) is 0 Å². The maximum absolute atomic E-state index is 12.0. The Labute approximate surface area is 140 Å². The van der Waals surface area contributed by atoms with E-state index in [9.17, 15) is 9.59 Å². The Morgan fingerprint density at radius 3 is 2.75 bits per heavy atom. The number of rotatable bonds is 6. The van der Waals surface area contributed by atoms with Crippen molar-refractivity contribution in [3.8, 4) is 0 Å². The van der Waals surface area contributed by atoms with Crippen molar-refractivity contribution in [1.29, 1.82) is 0 Å². The number of H-pyrrole nitrogens is 1. The van der Waals surface area contributed by atoms with Crippen LogP contribution in [-0.4, -0.2) is 52.9 Å². The number of nitrogens with one attached hydrogen (secondary N) is 2. The van der Waals surface area contributed by atoms with Gasteiger partial charge in [0, 0.05) is 18.9 Å². The fourth-order valence-corrected chi connectivity index (χ4v) is 3.08. The number of aromatic amines is 1. The van der Waals surface area contributed by atoms with Gasteiger partial charge in [0.2, 0.25) is 11.8 Å². The largest absolute Gasteiger partial charge is 0.369 e. The number of primary amides is 1. The zero-order valence-corrected chi connectivity index (χ0v) is 13.6. The Balaban J connectivity index is 1.39. The van der Waals surface area contributed by atoms with Gasteiger partial charge in [0.15, 0.2) is 0 Å². The van der Waals surface area contributed by atoms with Crippen LogP contribution in [0.4, 0.5) is 0 Å². The lowest BCUT2D eigenvalue weighted by Gasteiger charge is -2.29. The van der Waals surface area contributed by atoms with E-state index in [1.165, 1.54) is 0 Å². The Morgan fingerprint density at radius 1 is 1.29 bits per heavy atom. The number of nitrogens with zero attached hydrogens (tertiary/aromatic N) is 2. The lowest BCUT2D eigenvalue weighted by Crippen LogP contribution is -2.43. The van der Waals surface area contributed by atoms with Gasteiger partial charge in [-0.15, -0.1) is 0 Å². The minimum absolute atomic E-state index is 0.00337. The third-order valence-electron chi connectivity index (χ3n) is 4.48. The van der Waals surface area contributed by atoms with Crippen molar-refractivity contribution in [2.75, 3.05) is 26.2 Å². The van der Waals surface area contributed by atoms with E-state index in [-0.39, 0.29) is 17.7 Å². The molecule has 1 aliphatic heterocycles. The van der Waals surface area contributed by atoms with Crippen LogP contribution in [0.3, 0.4) is 0 Å². The van der Waals surface area contributed by atoms with Crippen LogP contribution in [0, 0.1) is 5.92 Å². The molecule has 4 N–H and O–H groups in total. The first-order valence-corrected chi connectivity index (χ1v) is 8.34. The molecule has 1 aromatic heterocycles. The third-order valence-corrected chi connectivity index (χ3v) is 4.48. The van der Waals surface area contributed by atoms with Gasteiger partial charge in [-0.3, -0.25) is 14.5 Å².